The normalized spacial score (nSPS) is 14.4. The highest BCUT2D eigenvalue weighted by atomic mass is 16.4. The van der Waals surface area contributed by atoms with Crippen LogP contribution in [0.4, 0.5) is 5.95 Å². The van der Waals surface area contributed by atoms with Crippen LogP contribution in [0.2, 0.25) is 0 Å². The SMILES string of the molecule is Cc1oc(-c2ccccc2)nc1CC(=O)N1CCN(c2ncccn2)CC1. The Balaban J connectivity index is 1.38. The molecule has 1 aliphatic rings. The van der Waals surface area contributed by atoms with Crippen molar-refractivity contribution < 1.29 is 9.21 Å². The minimum absolute atomic E-state index is 0.0691. The van der Waals surface area contributed by atoms with Gasteiger partial charge in [-0.3, -0.25) is 4.79 Å². The maximum absolute atomic E-state index is 12.7. The fraction of sp³-hybridized carbons (Fsp3) is 0.300. The number of rotatable bonds is 4. The largest absolute Gasteiger partial charge is 0.441 e. The Morgan fingerprint density at radius 1 is 1.04 bits per heavy atom. The number of aromatic nitrogens is 3. The Labute approximate surface area is 157 Å². The lowest BCUT2D eigenvalue weighted by Gasteiger charge is -2.34. The minimum Gasteiger partial charge on any atom is -0.441 e. The average molecular weight is 363 g/mol. The van der Waals surface area contributed by atoms with Gasteiger partial charge in [0.25, 0.3) is 0 Å². The maximum atomic E-state index is 12.7. The molecule has 1 saturated heterocycles. The van der Waals surface area contributed by atoms with Crippen LogP contribution in [-0.2, 0) is 11.2 Å². The van der Waals surface area contributed by atoms with Gasteiger partial charge in [-0.2, -0.15) is 0 Å². The van der Waals surface area contributed by atoms with E-state index in [2.05, 4.69) is 19.9 Å². The molecule has 27 heavy (non-hydrogen) atoms. The standard InChI is InChI=1S/C20H21N5O2/c1-15-17(23-19(27-15)16-6-3-2-4-7-16)14-18(26)24-10-12-25(13-11-24)20-21-8-5-9-22-20/h2-9H,10-14H2,1H3. The van der Waals surface area contributed by atoms with E-state index in [9.17, 15) is 4.79 Å². The second kappa shape index (κ2) is 7.57. The number of oxazole rings is 1. The summed E-state index contributed by atoms with van der Waals surface area (Å²) >= 11 is 0. The average Bonchev–Trinajstić information content (AvgIpc) is 3.10. The molecule has 4 rings (SSSR count). The summed E-state index contributed by atoms with van der Waals surface area (Å²) < 4.78 is 5.76. The van der Waals surface area contributed by atoms with E-state index in [1.165, 1.54) is 0 Å². The topological polar surface area (TPSA) is 75.4 Å². The van der Waals surface area contributed by atoms with Crippen LogP contribution in [-0.4, -0.2) is 51.9 Å². The van der Waals surface area contributed by atoms with E-state index in [1.807, 2.05) is 42.2 Å². The third-order valence-corrected chi connectivity index (χ3v) is 4.70. The third-order valence-electron chi connectivity index (χ3n) is 4.70. The molecule has 0 saturated carbocycles. The monoisotopic (exact) mass is 363 g/mol. The molecule has 0 bridgehead atoms. The lowest BCUT2D eigenvalue weighted by atomic mass is 10.2. The molecule has 7 nitrogen and oxygen atoms in total. The number of aryl methyl sites for hydroxylation is 1. The lowest BCUT2D eigenvalue weighted by Crippen LogP contribution is -2.49. The zero-order valence-corrected chi connectivity index (χ0v) is 15.2. The Morgan fingerprint density at radius 3 is 2.44 bits per heavy atom. The zero-order valence-electron chi connectivity index (χ0n) is 15.2. The van der Waals surface area contributed by atoms with Crippen molar-refractivity contribution in [3.05, 3.63) is 60.2 Å². The van der Waals surface area contributed by atoms with Gasteiger partial charge in [-0.1, -0.05) is 18.2 Å². The van der Waals surface area contributed by atoms with Crippen molar-refractivity contribution in [1.82, 2.24) is 19.9 Å². The fourth-order valence-electron chi connectivity index (χ4n) is 3.16. The summed E-state index contributed by atoms with van der Waals surface area (Å²) in [6, 6.07) is 11.5. The van der Waals surface area contributed by atoms with Crippen molar-refractivity contribution in [2.24, 2.45) is 0 Å². The van der Waals surface area contributed by atoms with Crippen LogP contribution in [0.15, 0.2) is 53.2 Å². The van der Waals surface area contributed by atoms with Crippen LogP contribution < -0.4 is 4.90 Å². The van der Waals surface area contributed by atoms with Crippen LogP contribution in [0, 0.1) is 6.92 Å². The molecule has 0 N–H and O–H groups in total. The number of amides is 1. The van der Waals surface area contributed by atoms with Crippen molar-refractivity contribution >= 4 is 11.9 Å². The first kappa shape index (κ1) is 17.2. The highest BCUT2D eigenvalue weighted by molar-refractivity contribution is 5.79. The van der Waals surface area contributed by atoms with Crippen LogP contribution in [0.5, 0.6) is 0 Å². The Hall–Kier alpha value is -3.22. The van der Waals surface area contributed by atoms with Gasteiger partial charge in [-0.05, 0) is 25.1 Å². The molecule has 2 aromatic heterocycles. The summed E-state index contributed by atoms with van der Waals surface area (Å²) in [5.41, 5.74) is 1.61. The molecule has 1 aromatic carbocycles. The lowest BCUT2D eigenvalue weighted by molar-refractivity contribution is -0.130. The van der Waals surface area contributed by atoms with Crippen molar-refractivity contribution in [2.45, 2.75) is 13.3 Å². The van der Waals surface area contributed by atoms with E-state index < -0.39 is 0 Å². The number of hydrogen-bond acceptors (Lipinski definition) is 6. The Kier molecular flexibility index (Phi) is 4.82. The van der Waals surface area contributed by atoms with Gasteiger partial charge in [0.15, 0.2) is 0 Å². The molecule has 0 unspecified atom stereocenters. The van der Waals surface area contributed by atoms with E-state index in [0.29, 0.717) is 36.4 Å². The first-order chi connectivity index (χ1) is 13.2. The minimum atomic E-state index is 0.0691. The smallest absolute Gasteiger partial charge is 0.228 e. The van der Waals surface area contributed by atoms with Gasteiger partial charge in [-0.25, -0.2) is 15.0 Å². The van der Waals surface area contributed by atoms with Gasteiger partial charge in [0.05, 0.1) is 12.1 Å². The van der Waals surface area contributed by atoms with Crippen LogP contribution in [0.3, 0.4) is 0 Å². The molecule has 3 aromatic rings. The van der Waals surface area contributed by atoms with Crippen LogP contribution in [0.25, 0.3) is 11.5 Å². The van der Waals surface area contributed by atoms with Crippen LogP contribution in [0.1, 0.15) is 11.5 Å². The summed E-state index contributed by atoms with van der Waals surface area (Å²) in [5.74, 6) is 2.03. The van der Waals surface area contributed by atoms with Crippen molar-refractivity contribution in [3.8, 4) is 11.5 Å². The summed E-state index contributed by atoms with van der Waals surface area (Å²) in [4.78, 5) is 29.7. The van der Waals surface area contributed by atoms with E-state index in [-0.39, 0.29) is 12.3 Å². The molecule has 0 atom stereocenters. The predicted molar refractivity (Wildman–Crippen MR) is 101 cm³/mol. The molecule has 1 amide bonds. The van der Waals surface area contributed by atoms with Gasteiger partial charge < -0.3 is 14.2 Å². The summed E-state index contributed by atoms with van der Waals surface area (Å²) in [5, 5.41) is 0. The molecule has 0 radical (unpaired) electrons. The molecular formula is C20H21N5O2. The fourth-order valence-corrected chi connectivity index (χ4v) is 3.16. The molecule has 1 fully saturated rings. The summed E-state index contributed by atoms with van der Waals surface area (Å²) in [7, 11) is 0. The molecule has 7 heteroatoms. The van der Waals surface area contributed by atoms with Gasteiger partial charge in [0, 0.05) is 44.1 Å². The second-order valence-electron chi connectivity index (χ2n) is 6.48. The van der Waals surface area contributed by atoms with E-state index in [1.54, 1.807) is 18.5 Å². The number of carbonyl (C=O) groups is 1. The van der Waals surface area contributed by atoms with E-state index in [0.717, 1.165) is 18.7 Å². The van der Waals surface area contributed by atoms with Gasteiger partial charge in [0.1, 0.15) is 5.76 Å². The number of benzene rings is 1. The quantitative estimate of drug-likeness (QED) is 0.708. The third kappa shape index (κ3) is 3.81. The maximum Gasteiger partial charge on any atom is 0.228 e. The highest BCUT2D eigenvalue weighted by Gasteiger charge is 2.24. The van der Waals surface area contributed by atoms with Crippen LogP contribution >= 0.6 is 0 Å². The summed E-state index contributed by atoms with van der Waals surface area (Å²) in [6.45, 7) is 4.61. The van der Waals surface area contributed by atoms with Gasteiger partial charge in [0.2, 0.25) is 17.7 Å². The molecular weight excluding hydrogens is 342 g/mol. The zero-order chi connectivity index (χ0) is 18.6. The summed E-state index contributed by atoms with van der Waals surface area (Å²) in [6.07, 6.45) is 3.72. The first-order valence-corrected chi connectivity index (χ1v) is 9.02. The van der Waals surface area contributed by atoms with Crippen molar-refractivity contribution in [2.75, 3.05) is 31.1 Å². The van der Waals surface area contributed by atoms with Crippen molar-refractivity contribution in [3.63, 3.8) is 0 Å². The first-order valence-electron chi connectivity index (χ1n) is 9.02. The number of nitrogens with zero attached hydrogens (tertiary/aromatic N) is 5. The van der Waals surface area contributed by atoms with Gasteiger partial charge in [-0.15, -0.1) is 0 Å². The molecule has 0 spiro atoms. The van der Waals surface area contributed by atoms with E-state index in [4.69, 9.17) is 4.42 Å². The molecule has 138 valence electrons. The number of carbonyl (C=O) groups excluding carboxylic acids is 1. The predicted octanol–water partition coefficient (Wildman–Crippen LogP) is 2.33. The molecule has 1 aliphatic heterocycles. The van der Waals surface area contributed by atoms with Gasteiger partial charge >= 0.3 is 0 Å². The second-order valence-corrected chi connectivity index (χ2v) is 6.48. The molecule has 0 aliphatic carbocycles. The highest BCUT2D eigenvalue weighted by Crippen LogP contribution is 2.22. The molecule has 3 heterocycles. The number of anilines is 1. The number of hydrogen-bond donors (Lipinski definition) is 0. The Bertz CT molecular complexity index is 903. The Morgan fingerprint density at radius 2 is 1.74 bits per heavy atom. The van der Waals surface area contributed by atoms with Crippen molar-refractivity contribution in [1.29, 1.82) is 0 Å². The number of piperazine rings is 1. The van der Waals surface area contributed by atoms with E-state index >= 15 is 0 Å².